The first kappa shape index (κ1) is 21.7. The number of carbonyl (C=O) groups is 1. The van der Waals surface area contributed by atoms with Gasteiger partial charge in [-0.25, -0.2) is 9.37 Å². The second kappa shape index (κ2) is 10.1. The number of hydrogen-bond acceptors (Lipinski definition) is 6. The number of hydrogen-bond donors (Lipinski definition) is 2. The Labute approximate surface area is 170 Å². The molecule has 2 heterocycles. The number of rotatable bonds is 8. The lowest BCUT2D eigenvalue weighted by Gasteiger charge is -2.25. The van der Waals surface area contributed by atoms with E-state index in [1.807, 2.05) is 5.32 Å². The van der Waals surface area contributed by atoms with Crippen molar-refractivity contribution in [2.75, 3.05) is 33.0 Å². The molecule has 0 unspecified atom stereocenters. The zero-order chi connectivity index (χ0) is 20.8. The van der Waals surface area contributed by atoms with Gasteiger partial charge in [0.25, 0.3) is 5.91 Å². The second-order valence-electron chi connectivity index (χ2n) is 6.64. The third-order valence-electron chi connectivity index (χ3n) is 4.63. The molecule has 1 saturated heterocycles. The summed E-state index contributed by atoms with van der Waals surface area (Å²) >= 11 is 1.56. The third-order valence-corrected chi connectivity index (χ3v) is 5.66. The average Bonchev–Trinajstić information content (AvgIpc) is 3.20. The van der Waals surface area contributed by atoms with Crippen molar-refractivity contribution < 1.29 is 27.8 Å². The first-order valence-corrected chi connectivity index (χ1v) is 9.97. The van der Waals surface area contributed by atoms with E-state index >= 15 is 0 Å². The fourth-order valence-corrected chi connectivity index (χ4v) is 3.96. The number of ether oxygens (including phenoxy) is 1. The van der Waals surface area contributed by atoms with Crippen LogP contribution in [0.25, 0.3) is 10.4 Å². The molecule has 29 heavy (non-hydrogen) atoms. The van der Waals surface area contributed by atoms with Crippen molar-refractivity contribution in [3.05, 3.63) is 41.0 Å². The lowest BCUT2D eigenvalue weighted by Crippen LogP contribution is -2.43. The summed E-state index contributed by atoms with van der Waals surface area (Å²) in [5.41, 5.74) is 1.20. The van der Waals surface area contributed by atoms with E-state index in [4.69, 9.17) is 4.74 Å². The fourth-order valence-electron chi connectivity index (χ4n) is 2.99. The zero-order valence-electron chi connectivity index (χ0n) is 15.6. The molecule has 0 saturated carbocycles. The van der Waals surface area contributed by atoms with E-state index in [2.05, 4.69) is 9.88 Å². The second-order valence-corrected chi connectivity index (χ2v) is 7.76. The highest BCUT2D eigenvalue weighted by Crippen LogP contribution is 2.29. The molecule has 3 rings (SSSR count). The molecule has 1 aromatic heterocycles. The van der Waals surface area contributed by atoms with Crippen LogP contribution in [0.15, 0.2) is 30.5 Å². The highest BCUT2D eigenvalue weighted by Gasteiger charge is 2.26. The van der Waals surface area contributed by atoms with Crippen LogP contribution in [0.1, 0.15) is 16.7 Å². The first-order chi connectivity index (χ1) is 14.0. The van der Waals surface area contributed by atoms with Crippen LogP contribution in [0.5, 0.6) is 0 Å². The van der Waals surface area contributed by atoms with E-state index in [9.17, 15) is 23.1 Å². The van der Waals surface area contributed by atoms with Gasteiger partial charge >= 0.3 is 6.43 Å². The molecule has 0 radical (unpaired) electrons. The van der Waals surface area contributed by atoms with E-state index in [1.54, 1.807) is 41.8 Å². The highest BCUT2D eigenvalue weighted by molar-refractivity contribution is 7.15. The Kier molecular flexibility index (Phi) is 7.59. The molecule has 2 N–H and O–H groups in total. The van der Waals surface area contributed by atoms with Crippen molar-refractivity contribution in [3.8, 4) is 10.4 Å². The van der Waals surface area contributed by atoms with Gasteiger partial charge in [0.05, 0.1) is 30.7 Å². The fraction of sp³-hybridized carbons (Fsp3) is 0.474. The first-order valence-electron chi connectivity index (χ1n) is 9.15. The Morgan fingerprint density at radius 3 is 2.59 bits per heavy atom. The number of amides is 1. The summed E-state index contributed by atoms with van der Waals surface area (Å²) in [5.74, 6) is -1.61. The summed E-state index contributed by atoms with van der Waals surface area (Å²) in [5, 5.41) is 13.0. The van der Waals surface area contributed by atoms with E-state index in [0.29, 0.717) is 5.56 Å². The molecule has 0 bridgehead atoms. The molecule has 1 amide bonds. The van der Waals surface area contributed by atoms with E-state index < -0.39 is 31.2 Å². The van der Waals surface area contributed by atoms with Gasteiger partial charge in [0.1, 0.15) is 17.8 Å². The summed E-state index contributed by atoms with van der Waals surface area (Å²) in [6, 6.07) is 5.21. The number of nitrogens with zero attached hydrogens (tertiary/aromatic N) is 2. The number of aliphatic hydroxyl groups is 1. The van der Waals surface area contributed by atoms with Crippen LogP contribution in [0.4, 0.5) is 13.2 Å². The van der Waals surface area contributed by atoms with Gasteiger partial charge in [-0.1, -0.05) is 24.3 Å². The van der Waals surface area contributed by atoms with Gasteiger partial charge in [-0.05, 0) is 11.1 Å². The number of halogens is 3. The van der Waals surface area contributed by atoms with E-state index in [0.717, 1.165) is 48.3 Å². The number of aliphatic hydroxyl groups excluding tert-OH is 1. The summed E-state index contributed by atoms with van der Waals surface area (Å²) in [4.78, 5) is 18.8. The number of thiazole rings is 1. The van der Waals surface area contributed by atoms with Crippen LogP contribution in [-0.2, 0) is 16.1 Å². The molecule has 1 aromatic carbocycles. The molecule has 2 atom stereocenters. The maximum absolute atomic E-state index is 13.1. The van der Waals surface area contributed by atoms with Crippen LogP contribution in [-0.4, -0.2) is 66.3 Å². The van der Waals surface area contributed by atoms with Crippen LogP contribution in [0.2, 0.25) is 0 Å². The number of carbonyl (C=O) groups excluding carboxylic acids is 1. The zero-order valence-corrected chi connectivity index (χ0v) is 16.4. The molecule has 0 spiro atoms. The van der Waals surface area contributed by atoms with Crippen LogP contribution < -0.4 is 5.32 Å². The largest absolute Gasteiger partial charge is 0.386 e. The average molecular weight is 429 g/mol. The van der Waals surface area contributed by atoms with Crippen molar-refractivity contribution >= 4 is 17.2 Å². The summed E-state index contributed by atoms with van der Waals surface area (Å²) in [7, 11) is 0. The molecule has 0 aliphatic carbocycles. The predicted molar refractivity (Wildman–Crippen MR) is 103 cm³/mol. The van der Waals surface area contributed by atoms with Gasteiger partial charge in [0.15, 0.2) is 0 Å². The number of alkyl halides is 3. The number of aromatic nitrogens is 1. The van der Waals surface area contributed by atoms with Crippen molar-refractivity contribution in [2.24, 2.45) is 0 Å². The van der Waals surface area contributed by atoms with Gasteiger partial charge < -0.3 is 15.2 Å². The Hall–Kier alpha value is -2.01. The minimum atomic E-state index is -3.27. The van der Waals surface area contributed by atoms with E-state index in [-0.39, 0.29) is 0 Å². The molecule has 6 nitrogen and oxygen atoms in total. The third kappa shape index (κ3) is 5.75. The van der Waals surface area contributed by atoms with Crippen molar-refractivity contribution in [1.82, 2.24) is 15.2 Å². The standard InChI is InChI=1S/C19H22F3N3O3S/c20-9-14(24-19(27)18(21)22)17(26)13-3-1-12(2-4-13)15-10-23-16(29-15)11-25-5-7-28-8-6-25/h1-4,10,14,17-18,26H,5-9,11H2,(H,24,27)/t14-,17+/m1/s1. The van der Waals surface area contributed by atoms with Crippen LogP contribution in [0.3, 0.4) is 0 Å². The van der Waals surface area contributed by atoms with E-state index in [1.165, 1.54) is 0 Å². The Morgan fingerprint density at radius 2 is 1.97 bits per heavy atom. The lowest BCUT2D eigenvalue weighted by molar-refractivity contribution is -0.133. The van der Waals surface area contributed by atoms with Gasteiger partial charge in [0, 0.05) is 19.3 Å². The van der Waals surface area contributed by atoms with Crippen LogP contribution in [0, 0.1) is 0 Å². The van der Waals surface area contributed by atoms with Crippen molar-refractivity contribution in [2.45, 2.75) is 25.1 Å². The maximum Gasteiger partial charge on any atom is 0.315 e. The monoisotopic (exact) mass is 429 g/mol. The SMILES string of the molecule is O=C(N[C@H](CF)[C@@H](O)c1ccc(-c2cnc(CN3CCOCC3)s2)cc1)C(F)F. The molecule has 2 aromatic rings. The molecule has 1 aliphatic heterocycles. The molecule has 158 valence electrons. The number of morpholine rings is 1. The van der Waals surface area contributed by atoms with Gasteiger partial charge in [-0.15, -0.1) is 11.3 Å². The topological polar surface area (TPSA) is 74.7 Å². The number of benzene rings is 1. The van der Waals surface area contributed by atoms with Gasteiger partial charge in [-0.2, -0.15) is 8.78 Å². The number of nitrogens with one attached hydrogen (secondary N) is 1. The molecule has 10 heteroatoms. The molecule has 1 fully saturated rings. The highest BCUT2D eigenvalue weighted by atomic mass is 32.1. The normalized spacial score (nSPS) is 17.3. The van der Waals surface area contributed by atoms with Crippen molar-refractivity contribution in [1.29, 1.82) is 0 Å². The summed E-state index contributed by atoms with van der Waals surface area (Å²) < 4.78 is 43.2. The summed E-state index contributed by atoms with van der Waals surface area (Å²) in [6.07, 6.45) is -2.93. The smallest absolute Gasteiger partial charge is 0.315 e. The minimum absolute atomic E-state index is 0.323. The lowest BCUT2D eigenvalue weighted by atomic mass is 10.0. The summed E-state index contributed by atoms with van der Waals surface area (Å²) in [6.45, 7) is 2.78. The molecule has 1 aliphatic rings. The Balaban J connectivity index is 1.64. The maximum atomic E-state index is 13.1. The minimum Gasteiger partial charge on any atom is -0.386 e. The Bertz CT molecular complexity index is 797. The Morgan fingerprint density at radius 1 is 1.28 bits per heavy atom. The van der Waals surface area contributed by atoms with Gasteiger partial charge in [-0.3, -0.25) is 9.69 Å². The molecular weight excluding hydrogens is 407 g/mol. The molecular formula is C19H22F3N3O3S. The van der Waals surface area contributed by atoms with Crippen LogP contribution >= 0.6 is 11.3 Å². The van der Waals surface area contributed by atoms with Gasteiger partial charge in [0.2, 0.25) is 0 Å². The predicted octanol–water partition coefficient (Wildman–Crippen LogP) is 2.40. The quantitative estimate of drug-likeness (QED) is 0.674. The van der Waals surface area contributed by atoms with Crippen molar-refractivity contribution in [3.63, 3.8) is 0 Å².